The lowest BCUT2D eigenvalue weighted by Crippen LogP contribution is -2.35. The van der Waals surface area contributed by atoms with Crippen LogP contribution in [0.5, 0.6) is 0 Å². The lowest BCUT2D eigenvalue weighted by atomic mass is 9.84. The van der Waals surface area contributed by atoms with Gasteiger partial charge in [-0.1, -0.05) is 13.3 Å². The molecule has 1 amide bonds. The van der Waals surface area contributed by atoms with Crippen LogP contribution in [-0.4, -0.2) is 17.8 Å². The van der Waals surface area contributed by atoms with E-state index in [1.165, 1.54) is 19.3 Å². The second-order valence-electron chi connectivity index (χ2n) is 3.56. The van der Waals surface area contributed by atoms with Crippen molar-refractivity contribution in [3.8, 4) is 0 Å². The quantitative estimate of drug-likeness (QED) is 0.655. The number of hydrogen-bond donors (Lipinski definition) is 1. The molecule has 1 heterocycles. The number of amidine groups is 1. The summed E-state index contributed by atoms with van der Waals surface area (Å²) in [5.41, 5.74) is 0. The normalized spacial score (nSPS) is 29.6. The van der Waals surface area contributed by atoms with Crippen molar-refractivity contribution in [2.24, 2.45) is 10.9 Å². The zero-order valence-electron chi connectivity index (χ0n) is 7.34. The highest BCUT2D eigenvalue weighted by Crippen LogP contribution is 2.28. The number of aliphatic imine (C=N–C) groups is 1. The SMILES string of the molecule is CCC1N=C(C2CCC2)NC1=O. The number of nitrogens with one attached hydrogen (secondary N) is 1. The predicted octanol–water partition coefficient (Wildman–Crippen LogP) is 1.09. The van der Waals surface area contributed by atoms with Gasteiger partial charge in [0.15, 0.2) is 0 Å². The third kappa shape index (κ3) is 1.13. The summed E-state index contributed by atoms with van der Waals surface area (Å²) in [6.07, 6.45) is 4.52. The maximum absolute atomic E-state index is 11.2. The molecule has 1 N–H and O–H groups in total. The van der Waals surface area contributed by atoms with E-state index in [1.807, 2.05) is 6.92 Å². The lowest BCUT2D eigenvalue weighted by Gasteiger charge is -2.24. The molecular formula is C9H14N2O. The van der Waals surface area contributed by atoms with Gasteiger partial charge in [-0.15, -0.1) is 0 Å². The molecule has 1 atom stereocenters. The number of nitrogens with zero attached hydrogens (tertiary/aromatic N) is 1. The van der Waals surface area contributed by atoms with Crippen LogP contribution in [0.25, 0.3) is 0 Å². The molecule has 0 aromatic heterocycles. The number of carbonyl (C=O) groups is 1. The van der Waals surface area contributed by atoms with Crippen molar-refractivity contribution >= 4 is 11.7 Å². The van der Waals surface area contributed by atoms with Crippen LogP contribution in [0.1, 0.15) is 32.6 Å². The Hall–Kier alpha value is -0.860. The zero-order valence-corrected chi connectivity index (χ0v) is 7.34. The largest absolute Gasteiger partial charge is 0.312 e. The molecule has 0 radical (unpaired) electrons. The first-order valence-electron chi connectivity index (χ1n) is 4.70. The molecule has 0 saturated heterocycles. The summed E-state index contributed by atoms with van der Waals surface area (Å²) in [6.45, 7) is 2.00. The average Bonchev–Trinajstić information content (AvgIpc) is 2.27. The van der Waals surface area contributed by atoms with Gasteiger partial charge in [0.25, 0.3) is 0 Å². The summed E-state index contributed by atoms with van der Waals surface area (Å²) >= 11 is 0. The molecule has 0 bridgehead atoms. The minimum Gasteiger partial charge on any atom is -0.312 e. The van der Waals surface area contributed by atoms with Gasteiger partial charge in [0.05, 0.1) is 0 Å². The van der Waals surface area contributed by atoms with Crippen molar-refractivity contribution in [3.05, 3.63) is 0 Å². The van der Waals surface area contributed by atoms with Crippen LogP contribution in [0.4, 0.5) is 0 Å². The highest BCUT2D eigenvalue weighted by atomic mass is 16.2. The average molecular weight is 166 g/mol. The molecule has 3 heteroatoms. The third-order valence-electron chi connectivity index (χ3n) is 2.73. The van der Waals surface area contributed by atoms with Crippen molar-refractivity contribution < 1.29 is 4.79 Å². The van der Waals surface area contributed by atoms with E-state index >= 15 is 0 Å². The Morgan fingerprint density at radius 3 is 2.75 bits per heavy atom. The fourth-order valence-electron chi connectivity index (χ4n) is 1.63. The summed E-state index contributed by atoms with van der Waals surface area (Å²) in [5.74, 6) is 1.61. The maximum Gasteiger partial charge on any atom is 0.250 e. The molecule has 3 nitrogen and oxygen atoms in total. The first-order valence-corrected chi connectivity index (χ1v) is 4.70. The third-order valence-corrected chi connectivity index (χ3v) is 2.73. The summed E-state index contributed by atoms with van der Waals surface area (Å²) in [6, 6.07) is -0.0967. The minimum absolute atomic E-state index is 0.0967. The van der Waals surface area contributed by atoms with E-state index in [0.29, 0.717) is 5.92 Å². The Labute approximate surface area is 72.3 Å². The molecule has 0 aromatic carbocycles. The number of hydrogen-bond acceptors (Lipinski definition) is 2. The first kappa shape index (κ1) is 7.77. The Bertz CT molecular complexity index is 231. The molecule has 1 aliphatic heterocycles. The molecule has 2 aliphatic rings. The van der Waals surface area contributed by atoms with Gasteiger partial charge in [-0.2, -0.15) is 0 Å². The van der Waals surface area contributed by atoms with Gasteiger partial charge in [0, 0.05) is 5.92 Å². The standard InChI is InChI=1S/C9H14N2O/c1-2-7-9(12)11-8(10-7)6-4-3-5-6/h6-7H,2-5H2,1H3,(H,10,11,12). The maximum atomic E-state index is 11.2. The highest BCUT2D eigenvalue weighted by molar-refractivity contribution is 6.06. The van der Waals surface area contributed by atoms with Crippen LogP contribution in [0.15, 0.2) is 4.99 Å². The smallest absolute Gasteiger partial charge is 0.250 e. The Kier molecular flexibility index (Phi) is 1.87. The van der Waals surface area contributed by atoms with Crippen LogP contribution in [-0.2, 0) is 4.79 Å². The zero-order chi connectivity index (χ0) is 8.55. The Balaban J connectivity index is 2.03. The number of rotatable bonds is 2. The number of carbonyl (C=O) groups excluding carboxylic acids is 1. The van der Waals surface area contributed by atoms with E-state index in [2.05, 4.69) is 10.3 Å². The predicted molar refractivity (Wildman–Crippen MR) is 47.0 cm³/mol. The van der Waals surface area contributed by atoms with Crippen molar-refractivity contribution in [1.82, 2.24) is 5.32 Å². The fraction of sp³-hybridized carbons (Fsp3) is 0.778. The fourth-order valence-corrected chi connectivity index (χ4v) is 1.63. The van der Waals surface area contributed by atoms with Crippen molar-refractivity contribution in [3.63, 3.8) is 0 Å². The molecule has 1 fully saturated rings. The summed E-state index contributed by atoms with van der Waals surface area (Å²) in [4.78, 5) is 15.6. The molecule has 0 spiro atoms. The van der Waals surface area contributed by atoms with Gasteiger partial charge in [-0.25, -0.2) is 0 Å². The first-order chi connectivity index (χ1) is 5.81. The van der Waals surface area contributed by atoms with Gasteiger partial charge in [0.2, 0.25) is 5.91 Å². The van der Waals surface area contributed by atoms with E-state index in [0.717, 1.165) is 12.3 Å². The van der Waals surface area contributed by atoms with Crippen LogP contribution < -0.4 is 5.32 Å². The van der Waals surface area contributed by atoms with Crippen molar-refractivity contribution in [2.75, 3.05) is 0 Å². The van der Waals surface area contributed by atoms with Crippen molar-refractivity contribution in [1.29, 1.82) is 0 Å². The van der Waals surface area contributed by atoms with E-state index in [4.69, 9.17) is 0 Å². The topological polar surface area (TPSA) is 41.5 Å². The monoisotopic (exact) mass is 166 g/mol. The van der Waals surface area contributed by atoms with Crippen molar-refractivity contribution in [2.45, 2.75) is 38.6 Å². The van der Waals surface area contributed by atoms with E-state index in [9.17, 15) is 4.79 Å². The Morgan fingerprint density at radius 2 is 2.33 bits per heavy atom. The van der Waals surface area contributed by atoms with Gasteiger partial charge in [-0.3, -0.25) is 9.79 Å². The van der Waals surface area contributed by atoms with Crippen LogP contribution in [0.2, 0.25) is 0 Å². The van der Waals surface area contributed by atoms with E-state index in [1.54, 1.807) is 0 Å². The van der Waals surface area contributed by atoms with E-state index in [-0.39, 0.29) is 11.9 Å². The highest BCUT2D eigenvalue weighted by Gasteiger charge is 2.31. The lowest BCUT2D eigenvalue weighted by molar-refractivity contribution is -0.120. The number of amides is 1. The molecule has 0 aromatic rings. The van der Waals surface area contributed by atoms with Gasteiger partial charge < -0.3 is 5.32 Å². The molecule has 12 heavy (non-hydrogen) atoms. The summed E-state index contributed by atoms with van der Waals surface area (Å²) < 4.78 is 0. The van der Waals surface area contributed by atoms with E-state index < -0.39 is 0 Å². The van der Waals surface area contributed by atoms with Gasteiger partial charge in [0.1, 0.15) is 11.9 Å². The molecule has 1 saturated carbocycles. The summed E-state index contributed by atoms with van der Waals surface area (Å²) in [7, 11) is 0. The molecule has 1 unspecified atom stereocenters. The molecular weight excluding hydrogens is 152 g/mol. The van der Waals surface area contributed by atoms with Crippen LogP contribution in [0, 0.1) is 5.92 Å². The Morgan fingerprint density at radius 1 is 1.58 bits per heavy atom. The molecule has 66 valence electrons. The molecule has 2 rings (SSSR count). The second-order valence-corrected chi connectivity index (χ2v) is 3.56. The van der Waals surface area contributed by atoms with Gasteiger partial charge in [-0.05, 0) is 19.3 Å². The molecule has 1 aliphatic carbocycles. The van der Waals surface area contributed by atoms with Gasteiger partial charge >= 0.3 is 0 Å². The van der Waals surface area contributed by atoms with Crippen LogP contribution >= 0.6 is 0 Å². The second kappa shape index (κ2) is 2.88. The summed E-state index contributed by atoms with van der Waals surface area (Å²) in [5, 5.41) is 2.87. The minimum atomic E-state index is -0.0967. The van der Waals surface area contributed by atoms with Crippen LogP contribution in [0.3, 0.4) is 0 Å².